The average Bonchev–Trinajstić information content (AvgIpc) is 2.86. The zero-order valence-electron chi connectivity index (χ0n) is 11.5. The van der Waals surface area contributed by atoms with E-state index >= 15 is 0 Å². The van der Waals surface area contributed by atoms with Crippen molar-refractivity contribution < 1.29 is 14.3 Å². The summed E-state index contributed by atoms with van der Waals surface area (Å²) in [6.07, 6.45) is 0.785. The molecule has 1 aromatic heterocycles. The van der Waals surface area contributed by atoms with E-state index in [1.54, 1.807) is 14.0 Å². The molecule has 0 fully saturated rings. The lowest BCUT2D eigenvalue weighted by molar-refractivity contribution is -0.122. The Hall–Kier alpha value is -1.40. The number of amides is 2. The van der Waals surface area contributed by atoms with Gasteiger partial charge >= 0.3 is 0 Å². The third kappa shape index (κ3) is 3.78. The van der Waals surface area contributed by atoms with Gasteiger partial charge in [-0.1, -0.05) is 6.92 Å². The second kappa shape index (κ2) is 7.25. The monoisotopic (exact) mass is 284 g/mol. The van der Waals surface area contributed by atoms with Gasteiger partial charge in [-0.3, -0.25) is 9.59 Å². The van der Waals surface area contributed by atoms with Crippen LogP contribution in [-0.2, 0) is 16.0 Å². The lowest BCUT2D eigenvalue weighted by Gasteiger charge is -2.26. The van der Waals surface area contributed by atoms with Gasteiger partial charge in [-0.15, -0.1) is 11.3 Å². The highest BCUT2D eigenvalue weighted by Gasteiger charge is 2.26. The largest absolute Gasteiger partial charge is 0.383 e. The summed E-state index contributed by atoms with van der Waals surface area (Å²) in [7, 11) is 1.56. The van der Waals surface area contributed by atoms with Crippen LogP contribution >= 0.6 is 11.3 Å². The van der Waals surface area contributed by atoms with E-state index < -0.39 is 11.9 Å². The summed E-state index contributed by atoms with van der Waals surface area (Å²) in [5.41, 5.74) is 6.29. The van der Waals surface area contributed by atoms with Crippen LogP contribution in [0, 0.1) is 0 Å². The molecule has 0 bridgehead atoms. The Morgan fingerprint density at radius 2 is 2.21 bits per heavy atom. The van der Waals surface area contributed by atoms with Gasteiger partial charge in [-0.25, -0.2) is 0 Å². The van der Waals surface area contributed by atoms with Crippen LogP contribution in [0.25, 0.3) is 0 Å². The number of primary amides is 1. The number of hydrogen-bond acceptors (Lipinski definition) is 4. The molecule has 0 aromatic carbocycles. The van der Waals surface area contributed by atoms with Gasteiger partial charge in [0.05, 0.1) is 11.5 Å². The number of ether oxygens (including phenoxy) is 1. The molecule has 0 spiro atoms. The Labute approximate surface area is 117 Å². The topological polar surface area (TPSA) is 72.6 Å². The maximum absolute atomic E-state index is 12.5. The first-order valence-electron chi connectivity index (χ1n) is 6.18. The summed E-state index contributed by atoms with van der Waals surface area (Å²) < 4.78 is 4.98. The molecule has 1 aromatic rings. The predicted octanol–water partition coefficient (Wildman–Crippen LogP) is 1.27. The fourth-order valence-corrected chi connectivity index (χ4v) is 2.70. The molecule has 1 atom stereocenters. The number of nitrogens with zero attached hydrogens (tertiary/aromatic N) is 1. The molecule has 106 valence electrons. The number of carbonyl (C=O) groups excluding carboxylic acids is 2. The molecule has 1 rings (SSSR count). The minimum absolute atomic E-state index is 0.157. The summed E-state index contributed by atoms with van der Waals surface area (Å²) in [5.74, 6) is -0.672. The number of hydrogen-bond donors (Lipinski definition) is 1. The van der Waals surface area contributed by atoms with E-state index in [0.717, 1.165) is 12.0 Å². The molecule has 0 aliphatic heterocycles. The zero-order valence-corrected chi connectivity index (χ0v) is 12.3. The van der Waals surface area contributed by atoms with Crippen LogP contribution in [0.2, 0.25) is 0 Å². The van der Waals surface area contributed by atoms with Crippen molar-refractivity contribution >= 4 is 23.2 Å². The van der Waals surface area contributed by atoms with Gasteiger partial charge in [0, 0.05) is 13.7 Å². The van der Waals surface area contributed by atoms with Crippen molar-refractivity contribution in [2.24, 2.45) is 5.73 Å². The number of rotatable bonds is 7. The molecule has 19 heavy (non-hydrogen) atoms. The standard InChI is InChI=1S/C13H20N2O3S/c1-4-10-5-8-19-11(10)13(17)15(6-7-18-3)9(2)12(14)16/h5,8-9H,4,6-7H2,1-3H3,(H2,14,16)/t9-/m0/s1. The average molecular weight is 284 g/mol. The second-order valence-corrected chi connectivity index (χ2v) is 5.11. The number of methoxy groups -OCH3 is 1. The Kier molecular flexibility index (Phi) is 5.98. The maximum Gasteiger partial charge on any atom is 0.264 e. The smallest absolute Gasteiger partial charge is 0.264 e. The number of thiophene rings is 1. The third-order valence-electron chi connectivity index (χ3n) is 3.00. The van der Waals surface area contributed by atoms with E-state index in [0.29, 0.717) is 18.0 Å². The summed E-state index contributed by atoms with van der Waals surface area (Å²) >= 11 is 1.39. The molecule has 0 unspecified atom stereocenters. The Morgan fingerprint density at radius 3 is 2.74 bits per heavy atom. The van der Waals surface area contributed by atoms with E-state index in [9.17, 15) is 9.59 Å². The summed E-state index contributed by atoms with van der Waals surface area (Å²) in [4.78, 5) is 26.0. The van der Waals surface area contributed by atoms with Crippen LogP contribution in [0.3, 0.4) is 0 Å². The first-order valence-corrected chi connectivity index (χ1v) is 7.06. The first kappa shape index (κ1) is 15.7. The molecular weight excluding hydrogens is 264 g/mol. The Balaban J connectivity index is 2.96. The van der Waals surface area contributed by atoms with Crippen LogP contribution in [0.5, 0.6) is 0 Å². The molecule has 0 aliphatic rings. The van der Waals surface area contributed by atoms with Gasteiger partial charge in [-0.05, 0) is 30.4 Å². The van der Waals surface area contributed by atoms with Crippen molar-refractivity contribution in [2.75, 3.05) is 20.3 Å². The van der Waals surface area contributed by atoms with Gasteiger partial charge in [0.15, 0.2) is 0 Å². The van der Waals surface area contributed by atoms with E-state index in [4.69, 9.17) is 10.5 Å². The van der Waals surface area contributed by atoms with Gasteiger partial charge in [0.25, 0.3) is 5.91 Å². The molecule has 0 aliphatic carbocycles. The molecule has 0 saturated heterocycles. The Morgan fingerprint density at radius 1 is 1.53 bits per heavy atom. The normalized spacial score (nSPS) is 12.2. The van der Waals surface area contributed by atoms with Crippen LogP contribution in [-0.4, -0.2) is 43.0 Å². The lowest BCUT2D eigenvalue weighted by atomic mass is 10.1. The van der Waals surface area contributed by atoms with Gasteiger partial charge < -0.3 is 15.4 Å². The van der Waals surface area contributed by atoms with E-state index in [1.165, 1.54) is 16.2 Å². The summed E-state index contributed by atoms with van der Waals surface area (Å²) in [6.45, 7) is 4.35. The highest BCUT2D eigenvalue weighted by atomic mass is 32.1. The molecule has 0 saturated carbocycles. The van der Waals surface area contributed by atoms with Crippen molar-refractivity contribution in [1.29, 1.82) is 0 Å². The van der Waals surface area contributed by atoms with Crippen molar-refractivity contribution in [3.05, 3.63) is 21.9 Å². The summed E-state index contributed by atoms with van der Waals surface area (Å²) in [5, 5.41) is 1.88. The number of nitrogens with two attached hydrogens (primary N) is 1. The first-order chi connectivity index (χ1) is 9.02. The van der Waals surface area contributed by atoms with Crippen LogP contribution in [0.4, 0.5) is 0 Å². The van der Waals surface area contributed by atoms with E-state index in [1.807, 2.05) is 18.4 Å². The molecule has 2 N–H and O–H groups in total. The molecular formula is C13H20N2O3S. The van der Waals surface area contributed by atoms with Crippen LogP contribution in [0.15, 0.2) is 11.4 Å². The highest BCUT2D eigenvalue weighted by molar-refractivity contribution is 7.12. The fourth-order valence-electron chi connectivity index (χ4n) is 1.75. The van der Waals surface area contributed by atoms with Gasteiger partial charge in [0.2, 0.25) is 5.91 Å². The Bertz CT molecular complexity index is 445. The quantitative estimate of drug-likeness (QED) is 0.819. The van der Waals surface area contributed by atoms with Crippen molar-refractivity contribution in [2.45, 2.75) is 26.3 Å². The van der Waals surface area contributed by atoms with Crippen molar-refractivity contribution in [3.8, 4) is 0 Å². The van der Waals surface area contributed by atoms with Gasteiger partial charge in [0.1, 0.15) is 6.04 Å². The van der Waals surface area contributed by atoms with Crippen molar-refractivity contribution in [3.63, 3.8) is 0 Å². The molecule has 6 heteroatoms. The van der Waals surface area contributed by atoms with Crippen LogP contribution < -0.4 is 5.73 Å². The van der Waals surface area contributed by atoms with E-state index in [-0.39, 0.29) is 5.91 Å². The second-order valence-electron chi connectivity index (χ2n) is 4.20. The van der Waals surface area contributed by atoms with Crippen molar-refractivity contribution in [1.82, 2.24) is 4.90 Å². The van der Waals surface area contributed by atoms with E-state index in [2.05, 4.69) is 0 Å². The number of carbonyl (C=O) groups is 2. The molecule has 5 nitrogen and oxygen atoms in total. The molecule has 0 radical (unpaired) electrons. The summed E-state index contributed by atoms with van der Waals surface area (Å²) in [6, 6.07) is 1.29. The minimum Gasteiger partial charge on any atom is -0.383 e. The molecule has 1 heterocycles. The molecule has 2 amide bonds. The third-order valence-corrected chi connectivity index (χ3v) is 3.94. The predicted molar refractivity (Wildman–Crippen MR) is 75.3 cm³/mol. The highest BCUT2D eigenvalue weighted by Crippen LogP contribution is 2.20. The maximum atomic E-state index is 12.5. The van der Waals surface area contributed by atoms with Crippen LogP contribution in [0.1, 0.15) is 29.1 Å². The number of aryl methyl sites for hydroxylation is 1. The zero-order chi connectivity index (χ0) is 14.4. The fraction of sp³-hybridized carbons (Fsp3) is 0.538. The SMILES string of the molecule is CCc1ccsc1C(=O)N(CCOC)[C@@H](C)C(N)=O. The minimum atomic E-state index is -0.644. The van der Waals surface area contributed by atoms with Gasteiger partial charge in [-0.2, -0.15) is 0 Å². The lowest BCUT2D eigenvalue weighted by Crippen LogP contribution is -2.47.